The molecule has 2 aromatic rings. The number of halogens is 2. The van der Waals surface area contributed by atoms with Crippen molar-refractivity contribution in [3.05, 3.63) is 63.1 Å². The Morgan fingerprint density at radius 1 is 1.30 bits per heavy atom. The number of nitrogens with two attached hydrogens (primary N) is 1. The molecule has 0 amide bonds. The Bertz CT molecular complexity index is 646. The molecule has 0 aliphatic carbocycles. The maximum absolute atomic E-state index is 6.16. The molecule has 0 heterocycles. The third-order valence-corrected chi connectivity index (χ3v) is 3.99. The zero-order chi connectivity index (χ0) is 14.7. The molecule has 3 N–H and O–H groups in total. The van der Waals surface area contributed by atoms with E-state index in [9.17, 15) is 0 Å². The largest absolute Gasteiger partial charge is 0.389 e. The third-order valence-electron chi connectivity index (χ3n) is 2.98. The number of rotatable bonds is 4. The van der Waals surface area contributed by atoms with E-state index < -0.39 is 0 Å². The number of thiocarbonyl (C=S) groups is 1. The molecule has 20 heavy (non-hydrogen) atoms. The highest BCUT2D eigenvalue weighted by Crippen LogP contribution is 2.28. The number of benzene rings is 2. The van der Waals surface area contributed by atoms with Crippen molar-refractivity contribution in [3.63, 3.8) is 0 Å². The van der Waals surface area contributed by atoms with Gasteiger partial charge in [0.15, 0.2) is 0 Å². The van der Waals surface area contributed by atoms with Gasteiger partial charge < -0.3 is 11.1 Å². The number of nitrogens with one attached hydrogen (secondary N) is 1. The van der Waals surface area contributed by atoms with E-state index in [1.165, 1.54) is 0 Å². The lowest BCUT2D eigenvalue weighted by molar-refractivity contribution is 0.883. The molecule has 1 atom stereocenters. The molecule has 2 aromatic carbocycles. The first-order valence-corrected chi connectivity index (χ1v) is 7.67. The van der Waals surface area contributed by atoms with Gasteiger partial charge in [-0.3, -0.25) is 0 Å². The molecular weight excluding hydrogens is 356 g/mol. The minimum atomic E-state index is 0.110. The van der Waals surface area contributed by atoms with Crippen LogP contribution in [0, 0.1) is 0 Å². The van der Waals surface area contributed by atoms with Gasteiger partial charge >= 0.3 is 0 Å². The van der Waals surface area contributed by atoms with E-state index >= 15 is 0 Å². The van der Waals surface area contributed by atoms with Crippen LogP contribution in [0.5, 0.6) is 0 Å². The Kier molecular flexibility index (Phi) is 5.02. The monoisotopic (exact) mass is 368 g/mol. The van der Waals surface area contributed by atoms with Crippen LogP contribution >= 0.6 is 39.7 Å². The van der Waals surface area contributed by atoms with Crippen molar-refractivity contribution in [2.75, 3.05) is 5.32 Å². The molecule has 5 heteroatoms. The lowest BCUT2D eigenvalue weighted by Crippen LogP contribution is -2.15. The molecule has 0 aromatic heterocycles. The molecule has 0 aliphatic heterocycles. The average Bonchev–Trinajstić information content (AvgIpc) is 2.38. The fraction of sp³-hybridized carbons (Fsp3) is 0.133. The topological polar surface area (TPSA) is 38.0 Å². The molecule has 2 nitrogen and oxygen atoms in total. The van der Waals surface area contributed by atoms with Gasteiger partial charge in [0.2, 0.25) is 0 Å². The molecule has 0 fully saturated rings. The van der Waals surface area contributed by atoms with Crippen molar-refractivity contribution in [2.24, 2.45) is 5.73 Å². The molecule has 1 unspecified atom stereocenters. The fourth-order valence-corrected chi connectivity index (χ4v) is 2.96. The van der Waals surface area contributed by atoms with Gasteiger partial charge in [0, 0.05) is 16.2 Å². The van der Waals surface area contributed by atoms with Crippen molar-refractivity contribution in [1.82, 2.24) is 0 Å². The second kappa shape index (κ2) is 6.57. The Morgan fingerprint density at radius 2 is 2.00 bits per heavy atom. The highest BCUT2D eigenvalue weighted by atomic mass is 79.9. The van der Waals surface area contributed by atoms with E-state index in [1.54, 1.807) is 6.07 Å². The fourth-order valence-electron chi connectivity index (χ4n) is 1.99. The SMILES string of the molecule is CC(Nc1cccc(Cl)c1C(N)=S)c1cccc(Br)c1. The molecular formula is C15H14BrClN2S. The van der Waals surface area contributed by atoms with Crippen molar-refractivity contribution in [1.29, 1.82) is 0 Å². The summed E-state index contributed by atoms with van der Waals surface area (Å²) in [6.45, 7) is 2.08. The zero-order valence-corrected chi connectivity index (χ0v) is 14.0. The zero-order valence-electron chi connectivity index (χ0n) is 10.9. The quantitative estimate of drug-likeness (QED) is 0.752. The van der Waals surface area contributed by atoms with Gasteiger partial charge in [-0.15, -0.1) is 0 Å². The maximum Gasteiger partial charge on any atom is 0.107 e. The van der Waals surface area contributed by atoms with Crippen LogP contribution in [0.15, 0.2) is 46.9 Å². The minimum absolute atomic E-state index is 0.110. The summed E-state index contributed by atoms with van der Waals surface area (Å²) in [7, 11) is 0. The smallest absolute Gasteiger partial charge is 0.107 e. The Balaban J connectivity index is 2.30. The molecule has 0 bridgehead atoms. The molecule has 0 saturated carbocycles. The lowest BCUT2D eigenvalue weighted by Gasteiger charge is -2.19. The Hall–Kier alpha value is -1.10. The van der Waals surface area contributed by atoms with Crippen molar-refractivity contribution >= 4 is 50.4 Å². The van der Waals surface area contributed by atoms with Crippen LogP contribution in [0.4, 0.5) is 5.69 Å². The van der Waals surface area contributed by atoms with Gasteiger partial charge in [-0.25, -0.2) is 0 Å². The molecule has 2 rings (SSSR count). The second-order valence-electron chi connectivity index (χ2n) is 4.45. The van der Waals surface area contributed by atoms with Crippen LogP contribution in [-0.4, -0.2) is 4.99 Å². The summed E-state index contributed by atoms with van der Waals surface area (Å²) in [4.78, 5) is 0.291. The number of hydrogen-bond donors (Lipinski definition) is 2. The average molecular weight is 370 g/mol. The van der Waals surface area contributed by atoms with Gasteiger partial charge in [-0.1, -0.05) is 57.9 Å². The van der Waals surface area contributed by atoms with Gasteiger partial charge in [-0.05, 0) is 36.8 Å². The van der Waals surface area contributed by atoms with Crippen molar-refractivity contribution < 1.29 is 0 Å². The van der Waals surface area contributed by atoms with E-state index in [-0.39, 0.29) is 6.04 Å². The van der Waals surface area contributed by atoms with Crippen LogP contribution in [0.3, 0.4) is 0 Å². The third kappa shape index (κ3) is 3.51. The molecule has 104 valence electrons. The van der Waals surface area contributed by atoms with Crippen LogP contribution in [0.25, 0.3) is 0 Å². The molecule has 0 spiro atoms. The first-order valence-electron chi connectivity index (χ1n) is 6.09. The van der Waals surface area contributed by atoms with E-state index in [2.05, 4.69) is 40.3 Å². The van der Waals surface area contributed by atoms with Crippen molar-refractivity contribution in [2.45, 2.75) is 13.0 Å². The Labute approximate surface area is 137 Å². The first kappa shape index (κ1) is 15.3. The van der Waals surface area contributed by atoms with Crippen molar-refractivity contribution in [3.8, 4) is 0 Å². The van der Waals surface area contributed by atoms with Crippen LogP contribution in [0.1, 0.15) is 24.1 Å². The number of hydrogen-bond acceptors (Lipinski definition) is 2. The van der Waals surface area contributed by atoms with Gasteiger partial charge in [0.1, 0.15) is 4.99 Å². The predicted octanol–water partition coefficient (Wildman–Crippen LogP) is 4.91. The second-order valence-corrected chi connectivity index (χ2v) is 6.21. The first-order chi connectivity index (χ1) is 9.49. The van der Waals surface area contributed by atoms with Gasteiger partial charge in [0.25, 0.3) is 0 Å². The van der Waals surface area contributed by atoms with Crippen LogP contribution in [0.2, 0.25) is 5.02 Å². The highest BCUT2D eigenvalue weighted by molar-refractivity contribution is 9.10. The van der Waals surface area contributed by atoms with E-state index in [1.807, 2.05) is 24.3 Å². The standard InChI is InChI=1S/C15H14BrClN2S/c1-9(10-4-2-5-11(16)8-10)19-13-7-3-6-12(17)14(13)15(18)20/h2-9,19H,1H3,(H2,18,20). The normalized spacial score (nSPS) is 11.9. The van der Waals surface area contributed by atoms with Crippen LogP contribution < -0.4 is 11.1 Å². The van der Waals surface area contributed by atoms with E-state index in [4.69, 9.17) is 29.6 Å². The molecule has 0 saturated heterocycles. The van der Waals surface area contributed by atoms with Gasteiger partial charge in [0.05, 0.1) is 10.6 Å². The summed E-state index contributed by atoms with van der Waals surface area (Å²) in [6, 6.07) is 13.8. The Morgan fingerprint density at radius 3 is 2.65 bits per heavy atom. The predicted molar refractivity (Wildman–Crippen MR) is 93.5 cm³/mol. The summed E-state index contributed by atoms with van der Waals surface area (Å²) in [6.07, 6.45) is 0. The maximum atomic E-state index is 6.16. The summed E-state index contributed by atoms with van der Waals surface area (Å²) < 4.78 is 1.05. The minimum Gasteiger partial charge on any atom is -0.389 e. The highest BCUT2D eigenvalue weighted by Gasteiger charge is 2.12. The van der Waals surface area contributed by atoms with Gasteiger partial charge in [-0.2, -0.15) is 0 Å². The summed E-state index contributed by atoms with van der Waals surface area (Å²) in [5.41, 5.74) is 8.44. The van der Waals surface area contributed by atoms with E-state index in [0.29, 0.717) is 15.6 Å². The molecule has 0 radical (unpaired) electrons. The van der Waals surface area contributed by atoms with E-state index in [0.717, 1.165) is 15.7 Å². The summed E-state index contributed by atoms with van der Waals surface area (Å²) in [5.74, 6) is 0. The summed E-state index contributed by atoms with van der Waals surface area (Å²) >= 11 is 14.7. The lowest BCUT2D eigenvalue weighted by atomic mass is 10.1. The number of anilines is 1. The molecule has 0 aliphatic rings. The summed E-state index contributed by atoms with van der Waals surface area (Å²) in [5, 5.41) is 3.96. The van der Waals surface area contributed by atoms with Crippen LogP contribution in [-0.2, 0) is 0 Å².